The van der Waals surface area contributed by atoms with Crippen molar-refractivity contribution in [3.63, 3.8) is 0 Å². The number of hydrogen-bond donors (Lipinski definition) is 0. The molecule has 4 heteroatoms. The Morgan fingerprint density at radius 2 is 1.83 bits per heavy atom. The molecule has 94 valence electrons. The second kappa shape index (κ2) is 5.06. The highest BCUT2D eigenvalue weighted by atomic mass is 79.9. The molecule has 0 bridgehead atoms. The average Bonchev–Trinajstić information content (AvgIpc) is 2.99. The molecule has 0 saturated heterocycles. The Labute approximate surface area is 120 Å². The minimum Gasteiger partial charge on any atom is -0.250 e. The molecule has 1 saturated carbocycles. The van der Waals surface area contributed by atoms with Gasteiger partial charge in [-0.25, -0.2) is 0 Å². The molecule has 1 fully saturated rings. The van der Waals surface area contributed by atoms with Crippen LogP contribution in [0.3, 0.4) is 0 Å². The van der Waals surface area contributed by atoms with Crippen molar-refractivity contribution < 1.29 is 0 Å². The summed E-state index contributed by atoms with van der Waals surface area (Å²) in [5.41, 5.74) is 2.07. The molecule has 18 heavy (non-hydrogen) atoms. The van der Waals surface area contributed by atoms with E-state index in [4.69, 9.17) is 11.6 Å². The number of halogens is 2. The van der Waals surface area contributed by atoms with E-state index in [2.05, 4.69) is 33.2 Å². The van der Waals surface area contributed by atoms with E-state index in [1.807, 2.05) is 22.9 Å². The smallest absolute Gasteiger partial charge is 0.128 e. The SMILES string of the molecule is Clc1cc(-c2ccc(Br)cc2)nn1C1CCCC1. The van der Waals surface area contributed by atoms with Gasteiger partial charge in [-0.2, -0.15) is 5.10 Å². The van der Waals surface area contributed by atoms with Gasteiger partial charge in [0.2, 0.25) is 0 Å². The van der Waals surface area contributed by atoms with E-state index in [9.17, 15) is 0 Å². The zero-order valence-corrected chi connectivity index (χ0v) is 12.3. The molecular formula is C14H14BrClN2. The molecular weight excluding hydrogens is 312 g/mol. The summed E-state index contributed by atoms with van der Waals surface area (Å²) in [6.07, 6.45) is 4.96. The molecule has 0 unspecified atom stereocenters. The van der Waals surface area contributed by atoms with Crippen LogP contribution in [0, 0.1) is 0 Å². The van der Waals surface area contributed by atoms with Gasteiger partial charge in [-0.1, -0.05) is 52.5 Å². The lowest BCUT2D eigenvalue weighted by Crippen LogP contribution is -2.06. The fourth-order valence-corrected chi connectivity index (χ4v) is 3.08. The quantitative estimate of drug-likeness (QED) is 0.752. The highest BCUT2D eigenvalue weighted by Gasteiger charge is 2.20. The summed E-state index contributed by atoms with van der Waals surface area (Å²) in [5, 5.41) is 5.41. The van der Waals surface area contributed by atoms with E-state index in [1.54, 1.807) is 0 Å². The molecule has 3 rings (SSSR count). The van der Waals surface area contributed by atoms with Crippen LogP contribution in [0.15, 0.2) is 34.8 Å². The number of rotatable bonds is 2. The number of benzene rings is 1. The zero-order chi connectivity index (χ0) is 12.5. The van der Waals surface area contributed by atoms with Crippen LogP contribution in [-0.4, -0.2) is 9.78 Å². The highest BCUT2D eigenvalue weighted by molar-refractivity contribution is 9.10. The van der Waals surface area contributed by atoms with Gasteiger partial charge >= 0.3 is 0 Å². The van der Waals surface area contributed by atoms with Gasteiger partial charge in [0, 0.05) is 16.1 Å². The maximum Gasteiger partial charge on any atom is 0.128 e. The van der Waals surface area contributed by atoms with E-state index < -0.39 is 0 Å². The first kappa shape index (κ1) is 12.2. The highest BCUT2D eigenvalue weighted by Crippen LogP contribution is 2.33. The second-order valence-corrected chi connectivity index (χ2v) is 6.04. The molecule has 0 radical (unpaired) electrons. The molecule has 2 nitrogen and oxygen atoms in total. The van der Waals surface area contributed by atoms with E-state index in [1.165, 1.54) is 25.7 Å². The zero-order valence-electron chi connectivity index (χ0n) is 9.94. The maximum atomic E-state index is 6.30. The summed E-state index contributed by atoms with van der Waals surface area (Å²) in [6.45, 7) is 0. The first-order valence-electron chi connectivity index (χ1n) is 6.25. The van der Waals surface area contributed by atoms with Crippen molar-refractivity contribution in [2.24, 2.45) is 0 Å². The normalized spacial score (nSPS) is 16.3. The van der Waals surface area contributed by atoms with E-state index >= 15 is 0 Å². The van der Waals surface area contributed by atoms with E-state index in [-0.39, 0.29) is 0 Å². The maximum absolute atomic E-state index is 6.30. The Morgan fingerprint density at radius 1 is 1.17 bits per heavy atom. The predicted octanol–water partition coefficient (Wildman–Crippen LogP) is 5.08. The molecule has 1 aromatic carbocycles. The van der Waals surface area contributed by atoms with Crippen molar-refractivity contribution >= 4 is 27.5 Å². The van der Waals surface area contributed by atoms with Gasteiger partial charge in [-0.05, 0) is 25.0 Å². The van der Waals surface area contributed by atoms with Crippen molar-refractivity contribution in [2.45, 2.75) is 31.7 Å². The molecule has 0 atom stereocenters. The summed E-state index contributed by atoms with van der Waals surface area (Å²) in [7, 11) is 0. The fourth-order valence-electron chi connectivity index (χ4n) is 2.54. The molecule has 0 spiro atoms. The standard InChI is InChI=1S/C14H14BrClN2/c15-11-7-5-10(6-8-11)13-9-14(16)18(17-13)12-3-1-2-4-12/h5-9,12H,1-4H2. The average molecular weight is 326 g/mol. The largest absolute Gasteiger partial charge is 0.250 e. The van der Waals surface area contributed by atoms with Gasteiger partial charge < -0.3 is 0 Å². The summed E-state index contributed by atoms with van der Waals surface area (Å²) in [4.78, 5) is 0. The topological polar surface area (TPSA) is 17.8 Å². The Balaban J connectivity index is 1.94. The number of nitrogens with zero attached hydrogens (tertiary/aromatic N) is 2. The Hall–Kier alpha value is -0.800. The van der Waals surface area contributed by atoms with Gasteiger partial charge in [-0.15, -0.1) is 0 Å². The first-order valence-corrected chi connectivity index (χ1v) is 7.42. The lowest BCUT2D eigenvalue weighted by molar-refractivity contribution is 0.469. The third-order valence-corrected chi connectivity index (χ3v) is 4.31. The van der Waals surface area contributed by atoms with Crippen LogP contribution in [0.1, 0.15) is 31.7 Å². The minimum atomic E-state index is 0.488. The van der Waals surface area contributed by atoms with Crippen LogP contribution in [0.5, 0.6) is 0 Å². The van der Waals surface area contributed by atoms with E-state index in [0.717, 1.165) is 20.9 Å². The summed E-state index contributed by atoms with van der Waals surface area (Å²) >= 11 is 9.74. The molecule has 1 aromatic heterocycles. The van der Waals surface area contributed by atoms with Crippen LogP contribution in [0.2, 0.25) is 5.15 Å². The lowest BCUT2D eigenvalue weighted by atomic mass is 10.2. The Kier molecular flexibility index (Phi) is 3.44. The molecule has 2 aromatic rings. The summed E-state index contributed by atoms with van der Waals surface area (Å²) in [5.74, 6) is 0. The molecule has 0 N–H and O–H groups in total. The molecule has 1 aliphatic carbocycles. The third kappa shape index (κ3) is 2.34. The van der Waals surface area contributed by atoms with Crippen LogP contribution in [-0.2, 0) is 0 Å². The lowest BCUT2D eigenvalue weighted by Gasteiger charge is -2.10. The molecule has 0 aliphatic heterocycles. The van der Waals surface area contributed by atoms with Crippen LogP contribution in [0.4, 0.5) is 0 Å². The van der Waals surface area contributed by atoms with E-state index in [0.29, 0.717) is 6.04 Å². The molecule has 1 heterocycles. The van der Waals surface area contributed by atoms with Crippen LogP contribution >= 0.6 is 27.5 Å². The fraction of sp³-hybridized carbons (Fsp3) is 0.357. The Morgan fingerprint density at radius 3 is 2.50 bits per heavy atom. The first-order chi connectivity index (χ1) is 8.74. The third-order valence-electron chi connectivity index (χ3n) is 3.50. The van der Waals surface area contributed by atoms with Gasteiger partial charge in [0.05, 0.1) is 11.7 Å². The van der Waals surface area contributed by atoms with Gasteiger partial charge in [0.15, 0.2) is 0 Å². The van der Waals surface area contributed by atoms with Crippen molar-refractivity contribution in [3.8, 4) is 11.3 Å². The number of hydrogen-bond acceptors (Lipinski definition) is 1. The molecule has 1 aliphatic rings. The van der Waals surface area contributed by atoms with Gasteiger partial charge in [0.25, 0.3) is 0 Å². The minimum absolute atomic E-state index is 0.488. The van der Waals surface area contributed by atoms with Crippen LogP contribution in [0.25, 0.3) is 11.3 Å². The monoisotopic (exact) mass is 324 g/mol. The second-order valence-electron chi connectivity index (χ2n) is 4.74. The molecule has 0 amide bonds. The predicted molar refractivity (Wildman–Crippen MR) is 77.9 cm³/mol. The van der Waals surface area contributed by atoms with Crippen molar-refractivity contribution in [2.75, 3.05) is 0 Å². The van der Waals surface area contributed by atoms with Gasteiger partial charge in [-0.3, -0.25) is 4.68 Å². The van der Waals surface area contributed by atoms with Crippen molar-refractivity contribution in [1.29, 1.82) is 0 Å². The van der Waals surface area contributed by atoms with Crippen LogP contribution < -0.4 is 0 Å². The summed E-state index contributed by atoms with van der Waals surface area (Å²) in [6, 6.07) is 10.6. The number of aromatic nitrogens is 2. The van der Waals surface area contributed by atoms with Crippen molar-refractivity contribution in [3.05, 3.63) is 40.0 Å². The van der Waals surface area contributed by atoms with Gasteiger partial charge in [0.1, 0.15) is 5.15 Å². The van der Waals surface area contributed by atoms with Crippen molar-refractivity contribution in [1.82, 2.24) is 9.78 Å². The Bertz CT molecular complexity index is 541. The summed E-state index contributed by atoms with van der Waals surface area (Å²) < 4.78 is 3.07.